The minimum atomic E-state index is -4.53. The van der Waals surface area contributed by atoms with Gasteiger partial charge in [-0.2, -0.15) is 0 Å². The molecular weight excluding hydrogens is 758 g/mol. The molecule has 0 fully saturated rings. The lowest BCUT2D eigenvalue weighted by Crippen LogP contribution is -2.37. The van der Waals surface area contributed by atoms with Crippen molar-refractivity contribution in [2.75, 3.05) is 54.1 Å². The summed E-state index contributed by atoms with van der Waals surface area (Å²) in [5.74, 6) is -0.343. The first kappa shape index (κ1) is 57.5. The predicted octanol–water partition coefficient (Wildman–Crippen LogP) is 14.1. The average Bonchev–Trinajstić information content (AvgIpc) is 3.19. The van der Waals surface area contributed by atoms with Gasteiger partial charge in [0.25, 0.3) is 7.82 Å². The number of rotatable bonds is 45. The molecule has 0 radical (unpaired) electrons. The fourth-order valence-electron chi connectivity index (χ4n) is 6.55. The Morgan fingerprint density at radius 2 is 0.932 bits per heavy atom. The van der Waals surface area contributed by atoms with Gasteiger partial charge < -0.3 is 27.9 Å². The number of likely N-dealkylation sites (N-methyl/N-ethyl adjacent to an activating group) is 1. The Morgan fingerprint density at radius 3 is 1.42 bits per heavy atom. The lowest BCUT2D eigenvalue weighted by Gasteiger charge is -2.28. The maximum atomic E-state index is 12.7. The third kappa shape index (κ3) is 47.4. The molecule has 2 atom stereocenters. The van der Waals surface area contributed by atoms with Crippen LogP contribution in [0.3, 0.4) is 0 Å². The largest absolute Gasteiger partial charge is 0.756 e. The molecule has 0 bridgehead atoms. The number of nitrogens with zero attached hydrogens (tertiary/aromatic N) is 1. The molecule has 0 heterocycles. The van der Waals surface area contributed by atoms with Crippen LogP contribution in [0, 0.1) is 0 Å². The van der Waals surface area contributed by atoms with Crippen LogP contribution in [0.2, 0.25) is 0 Å². The van der Waals surface area contributed by atoms with E-state index in [9.17, 15) is 14.3 Å². The van der Waals surface area contributed by atoms with Crippen molar-refractivity contribution in [2.45, 2.75) is 213 Å². The molecule has 0 aromatic carbocycles. The van der Waals surface area contributed by atoms with Gasteiger partial charge in [-0.15, -0.1) is 0 Å². The minimum Gasteiger partial charge on any atom is -0.756 e. The molecule has 0 amide bonds. The Kier molecular flexibility index (Phi) is 42.0. The normalized spacial score (nSPS) is 14.1. The third-order valence-electron chi connectivity index (χ3n) is 10.4. The van der Waals surface area contributed by atoms with E-state index in [1.165, 1.54) is 135 Å². The molecule has 0 spiro atoms. The predicted molar refractivity (Wildman–Crippen MR) is 250 cm³/mol. The quantitative estimate of drug-likeness (QED) is 0.0198. The molecule has 8 nitrogen and oxygen atoms in total. The molecule has 0 aliphatic rings. The third-order valence-corrected chi connectivity index (χ3v) is 11.3. The zero-order valence-electron chi connectivity index (χ0n) is 39.2. The zero-order chi connectivity index (χ0) is 43.4. The zero-order valence-corrected chi connectivity index (χ0v) is 40.1. The van der Waals surface area contributed by atoms with Gasteiger partial charge in [0.1, 0.15) is 19.3 Å². The number of unbranched alkanes of at least 4 members (excludes halogenated alkanes) is 23. The molecule has 0 aliphatic heterocycles. The van der Waals surface area contributed by atoms with Gasteiger partial charge >= 0.3 is 5.97 Å². The second-order valence-corrected chi connectivity index (χ2v) is 18.9. The summed E-state index contributed by atoms with van der Waals surface area (Å²) < 4.78 is 34.7. The van der Waals surface area contributed by atoms with Crippen molar-refractivity contribution in [3.05, 3.63) is 48.6 Å². The van der Waals surface area contributed by atoms with Crippen molar-refractivity contribution in [3.63, 3.8) is 0 Å². The average molecular weight is 852 g/mol. The summed E-state index contributed by atoms with van der Waals surface area (Å²) in [7, 11) is 1.35. The topological polar surface area (TPSA) is 94.1 Å². The van der Waals surface area contributed by atoms with Crippen LogP contribution in [-0.4, -0.2) is 70.7 Å². The highest BCUT2D eigenvalue weighted by molar-refractivity contribution is 7.45. The van der Waals surface area contributed by atoms with E-state index >= 15 is 0 Å². The summed E-state index contributed by atoms with van der Waals surface area (Å²) in [6, 6.07) is 0. The van der Waals surface area contributed by atoms with E-state index in [1.807, 2.05) is 21.1 Å². The van der Waals surface area contributed by atoms with Crippen molar-refractivity contribution in [2.24, 2.45) is 0 Å². The summed E-state index contributed by atoms with van der Waals surface area (Å²) in [6.07, 6.45) is 52.7. The highest BCUT2D eigenvalue weighted by Crippen LogP contribution is 2.38. The van der Waals surface area contributed by atoms with Crippen molar-refractivity contribution in [1.82, 2.24) is 0 Å². The monoisotopic (exact) mass is 852 g/mol. The van der Waals surface area contributed by atoms with Crippen LogP contribution in [0.25, 0.3) is 0 Å². The number of carbonyl (C=O) groups is 1. The Morgan fingerprint density at radius 1 is 0.525 bits per heavy atom. The smallest absolute Gasteiger partial charge is 0.306 e. The lowest BCUT2D eigenvalue weighted by molar-refractivity contribution is -0.870. The molecule has 0 saturated heterocycles. The molecule has 9 heteroatoms. The molecule has 346 valence electrons. The Labute approximate surface area is 365 Å². The van der Waals surface area contributed by atoms with E-state index in [4.69, 9.17) is 18.5 Å². The van der Waals surface area contributed by atoms with Crippen LogP contribution in [0.4, 0.5) is 0 Å². The number of ether oxygens (including phenoxy) is 2. The molecular formula is C50H94NO7P. The summed E-state index contributed by atoms with van der Waals surface area (Å²) >= 11 is 0. The fraction of sp³-hybridized carbons (Fsp3) is 0.820. The van der Waals surface area contributed by atoms with Crippen LogP contribution in [0.5, 0.6) is 0 Å². The molecule has 0 aliphatic carbocycles. The van der Waals surface area contributed by atoms with Gasteiger partial charge in [-0.3, -0.25) is 9.36 Å². The van der Waals surface area contributed by atoms with E-state index in [-0.39, 0.29) is 25.8 Å². The Bertz CT molecular complexity index is 1080. The number of allylic oxidation sites excluding steroid dienone is 8. The molecule has 0 aromatic rings. The fourth-order valence-corrected chi connectivity index (χ4v) is 7.28. The van der Waals surface area contributed by atoms with Crippen molar-refractivity contribution in [1.29, 1.82) is 0 Å². The van der Waals surface area contributed by atoms with E-state index in [0.717, 1.165) is 51.4 Å². The van der Waals surface area contributed by atoms with Crippen LogP contribution in [-0.2, 0) is 27.9 Å². The van der Waals surface area contributed by atoms with E-state index in [1.54, 1.807) is 0 Å². The summed E-state index contributed by atoms with van der Waals surface area (Å²) in [4.78, 5) is 25.1. The van der Waals surface area contributed by atoms with Crippen molar-refractivity contribution in [3.8, 4) is 0 Å². The van der Waals surface area contributed by atoms with E-state index in [2.05, 4.69) is 62.5 Å². The molecule has 0 rings (SSSR count). The maximum Gasteiger partial charge on any atom is 0.306 e. The number of phosphoric ester groups is 1. The van der Waals surface area contributed by atoms with Crippen LogP contribution in [0.15, 0.2) is 48.6 Å². The second kappa shape index (κ2) is 43.1. The van der Waals surface area contributed by atoms with E-state index in [0.29, 0.717) is 24.1 Å². The minimum absolute atomic E-state index is 0.0222. The number of carbonyl (C=O) groups excluding carboxylic acids is 1. The number of esters is 1. The number of quaternary nitrogens is 1. The van der Waals surface area contributed by atoms with Gasteiger partial charge in [0, 0.05) is 13.0 Å². The Balaban J connectivity index is 4.18. The van der Waals surface area contributed by atoms with Gasteiger partial charge in [0.2, 0.25) is 0 Å². The summed E-state index contributed by atoms with van der Waals surface area (Å²) in [5, 5.41) is 0. The van der Waals surface area contributed by atoms with Gasteiger partial charge in [0.15, 0.2) is 0 Å². The first-order valence-corrected chi connectivity index (χ1v) is 25.8. The standard InChI is InChI=1S/C50H94NO7P/c1-6-8-10-12-14-16-18-20-22-23-24-25-26-27-28-29-30-31-33-35-37-39-41-43-50(52)58-49(48-57-59(53,54)56-46-44-51(3,4)5)47-55-45-42-40-38-36-34-32-21-19-17-15-13-11-9-7-2/h17-20,23-24,26-27,49H,6-16,21-22,25,28-48H2,1-5H3/b19-17-,20-18-,24-23-,27-26-. The molecule has 2 unspecified atom stereocenters. The van der Waals surface area contributed by atoms with Crippen LogP contribution >= 0.6 is 7.82 Å². The van der Waals surface area contributed by atoms with Gasteiger partial charge in [-0.25, -0.2) is 0 Å². The molecule has 0 saturated carbocycles. The number of hydrogen-bond donors (Lipinski definition) is 0. The first-order valence-electron chi connectivity index (χ1n) is 24.4. The van der Waals surface area contributed by atoms with Crippen LogP contribution < -0.4 is 4.89 Å². The SMILES string of the molecule is CCCCCC/C=C\CCCCCCCCOCC(COP(=O)([O-])OCC[N+](C)(C)C)OC(=O)CCCCCCCCCC/C=C\C/C=C\C/C=C\CCCCCCC. The first-order chi connectivity index (χ1) is 28.6. The highest BCUT2D eigenvalue weighted by Gasteiger charge is 2.20. The van der Waals surface area contributed by atoms with Crippen molar-refractivity contribution < 1.29 is 37.3 Å². The highest BCUT2D eigenvalue weighted by atomic mass is 31.2. The second-order valence-electron chi connectivity index (χ2n) is 17.5. The van der Waals surface area contributed by atoms with Gasteiger partial charge in [-0.1, -0.05) is 172 Å². The summed E-state index contributed by atoms with van der Waals surface area (Å²) in [5.41, 5.74) is 0. The number of hydrogen-bond acceptors (Lipinski definition) is 7. The Hall–Kier alpha value is -1.54. The molecule has 59 heavy (non-hydrogen) atoms. The lowest BCUT2D eigenvalue weighted by atomic mass is 10.1. The molecule has 0 N–H and O–H groups in total. The van der Waals surface area contributed by atoms with Gasteiger partial charge in [0.05, 0.1) is 34.4 Å². The summed E-state index contributed by atoms with van der Waals surface area (Å²) in [6.45, 7) is 5.37. The van der Waals surface area contributed by atoms with E-state index < -0.39 is 13.9 Å². The van der Waals surface area contributed by atoms with Gasteiger partial charge in [-0.05, 0) is 77.0 Å². The van der Waals surface area contributed by atoms with Crippen LogP contribution in [0.1, 0.15) is 206 Å². The van der Waals surface area contributed by atoms with Crippen molar-refractivity contribution >= 4 is 13.8 Å². The maximum absolute atomic E-state index is 12.7. The molecule has 0 aromatic heterocycles. The number of phosphoric acid groups is 1.